The van der Waals surface area contributed by atoms with E-state index in [9.17, 15) is 19.7 Å². The van der Waals surface area contributed by atoms with Gasteiger partial charge in [-0.1, -0.05) is 58.7 Å². The molecule has 0 unspecified atom stereocenters. The SMILES string of the molecule is N#Cc1c(N)nc(SCC(=O)c2cc(F)c(Cl)cc2Cl)c(C#N)c1-c1ccc(Cl)cc1. The van der Waals surface area contributed by atoms with Crippen LogP contribution in [0, 0.1) is 28.5 Å². The number of pyridine rings is 1. The van der Waals surface area contributed by atoms with Crippen molar-refractivity contribution < 1.29 is 9.18 Å². The Labute approximate surface area is 196 Å². The van der Waals surface area contributed by atoms with E-state index in [0.29, 0.717) is 16.1 Å². The zero-order valence-electron chi connectivity index (χ0n) is 15.4. The van der Waals surface area contributed by atoms with Crippen molar-refractivity contribution in [2.75, 3.05) is 11.5 Å². The van der Waals surface area contributed by atoms with Gasteiger partial charge in [0.2, 0.25) is 0 Å². The number of ketones is 1. The first-order valence-corrected chi connectivity index (χ1v) is 10.6. The third-order valence-corrected chi connectivity index (χ3v) is 6.03. The molecule has 1 aromatic heterocycles. The normalized spacial score (nSPS) is 10.4. The average molecular weight is 492 g/mol. The summed E-state index contributed by atoms with van der Waals surface area (Å²) in [6.07, 6.45) is 0. The zero-order valence-corrected chi connectivity index (χ0v) is 18.5. The van der Waals surface area contributed by atoms with Gasteiger partial charge in [0.25, 0.3) is 0 Å². The number of nitriles is 2. The summed E-state index contributed by atoms with van der Waals surface area (Å²) >= 11 is 18.5. The zero-order chi connectivity index (χ0) is 22.7. The van der Waals surface area contributed by atoms with Gasteiger partial charge in [0.05, 0.1) is 21.4 Å². The fraction of sp³-hybridized carbons (Fsp3) is 0.0476. The number of nitrogens with two attached hydrogens (primary N) is 1. The molecule has 3 rings (SSSR count). The molecule has 31 heavy (non-hydrogen) atoms. The van der Waals surface area contributed by atoms with E-state index >= 15 is 0 Å². The highest BCUT2D eigenvalue weighted by Crippen LogP contribution is 2.36. The number of carbonyl (C=O) groups excluding carboxylic acids is 1. The van der Waals surface area contributed by atoms with Gasteiger partial charge in [-0.05, 0) is 29.8 Å². The second-order valence-corrected chi connectivity index (χ2v) is 8.33. The second kappa shape index (κ2) is 9.55. The highest BCUT2D eigenvalue weighted by molar-refractivity contribution is 8.00. The maximum absolute atomic E-state index is 13.7. The molecule has 0 atom stereocenters. The quantitative estimate of drug-likeness (QED) is 0.261. The minimum absolute atomic E-state index is 0.00617. The molecule has 1 heterocycles. The Morgan fingerprint density at radius 1 is 1.06 bits per heavy atom. The predicted octanol–water partition coefficient (Wildman–Crippen LogP) is 6.15. The van der Waals surface area contributed by atoms with E-state index in [1.165, 1.54) is 0 Å². The predicted molar refractivity (Wildman–Crippen MR) is 120 cm³/mol. The van der Waals surface area contributed by atoms with Crippen LogP contribution in [0.4, 0.5) is 10.2 Å². The molecule has 0 radical (unpaired) electrons. The minimum Gasteiger partial charge on any atom is -0.383 e. The summed E-state index contributed by atoms with van der Waals surface area (Å²) in [5, 5.41) is 19.8. The third kappa shape index (κ3) is 4.76. The van der Waals surface area contributed by atoms with Crippen LogP contribution in [0.5, 0.6) is 0 Å². The highest BCUT2D eigenvalue weighted by Gasteiger charge is 2.22. The molecule has 2 N–H and O–H groups in total. The first kappa shape index (κ1) is 22.9. The first-order valence-electron chi connectivity index (χ1n) is 8.47. The summed E-state index contributed by atoms with van der Waals surface area (Å²) in [5.74, 6) is -1.56. The standard InChI is InChI=1S/C21H10Cl3FN4OS/c22-11-3-1-10(2-4-11)19-13(7-26)20(28)29-21(14(19)8-27)31-9-18(30)12-5-17(25)16(24)6-15(12)23/h1-6H,9H2,(H2,28,29). The molecular formula is C21H10Cl3FN4OS. The Hall–Kier alpha value is -2.81. The molecule has 0 amide bonds. The number of hydrogen-bond acceptors (Lipinski definition) is 6. The first-order chi connectivity index (χ1) is 14.8. The van der Waals surface area contributed by atoms with Crippen LogP contribution in [0.3, 0.4) is 0 Å². The molecule has 3 aromatic rings. The van der Waals surface area contributed by atoms with E-state index in [2.05, 4.69) is 4.98 Å². The Morgan fingerprint density at radius 2 is 1.71 bits per heavy atom. The summed E-state index contributed by atoms with van der Waals surface area (Å²) in [5.41, 5.74) is 6.86. The van der Waals surface area contributed by atoms with E-state index in [0.717, 1.165) is 23.9 Å². The maximum atomic E-state index is 13.7. The number of Topliss-reactive ketones (excluding diaryl/α,β-unsaturated/α-hetero) is 1. The van der Waals surface area contributed by atoms with E-state index in [4.69, 9.17) is 40.5 Å². The number of anilines is 1. The second-order valence-electron chi connectivity index (χ2n) is 6.12. The smallest absolute Gasteiger partial charge is 0.174 e. The van der Waals surface area contributed by atoms with Gasteiger partial charge >= 0.3 is 0 Å². The summed E-state index contributed by atoms with van der Waals surface area (Å²) in [4.78, 5) is 16.7. The van der Waals surface area contributed by atoms with Crippen LogP contribution in [0.2, 0.25) is 15.1 Å². The molecule has 0 fully saturated rings. The third-order valence-electron chi connectivity index (χ3n) is 4.20. The van der Waals surface area contributed by atoms with Crippen molar-refractivity contribution in [3.8, 4) is 23.3 Å². The molecule has 0 aliphatic rings. The van der Waals surface area contributed by atoms with Gasteiger partial charge in [-0.25, -0.2) is 9.37 Å². The van der Waals surface area contributed by atoms with Crippen molar-refractivity contribution in [3.63, 3.8) is 0 Å². The monoisotopic (exact) mass is 490 g/mol. The van der Waals surface area contributed by atoms with E-state index in [1.807, 2.05) is 12.1 Å². The fourth-order valence-electron chi connectivity index (χ4n) is 2.76. The van der Waals surface area contributed by atoms with Crippen molar-refractivity contribution >= 4 is 58.2 Å². The molecule has 0 bridgehead atoms. The minimum atomic E-state index is -0.775. The number of hydrogen-bond donors (Lipinski definition) is 1. The fourth-order valence-corrected chi connectivity index (χ4v) is 4.25. The molecule has 0 aliphatic heterocycles. The highest BCUT2D eigenvalue weighted by atomic mass is 35.5. The maximum Gasteiger partial charge on any atom is 0.174 e. The molecule has 0 aliphatic carbocycles. The molecule has 5 nitrogen and oxygen atoms in total. The van der Waals surface area contributed by atoms with Crippen LogP contribution >= 0.6 is 46.6 Å². The molecule has 2 aromatic carbocycles. The molecular weight excluding hydrogens is 482 g/mol. The van der Waals surface area contributed by atoms with E-state index < -0.39 is 11.6 Å². The molecule has 0 saturated carbocycles. The summed E-state index contributed by atoms with van der Waals surface area (Å²) < 4.78 is 13.7. The van der Waals surface area contributed by atoms with Crippen LogP contribution in [-0.4, -0.2) is 16.5 Å². The lowest BCUT2D eigenvalue weighted by molar-refractivity contribution is 0.102. The number of nitrogen functional groups attached to an aromatic ring is 1. The number of halogens is 4. The largest absolute Gasteiger partial charge is 0.383 e. The van der Waals surface area contributed by atoms with Gasteiger partial charge in [0, 0.05) is 16.1 Å². The number of rotatable bonds is 5. The van der Waals surface area contributed by atoms with Crippen LogP contribution in [0.15, 0.2) is 41.4 Å². The molecule has 154 valence electrons. The Balaban J connectivity index is 2.02. The van der Waals surface area contributed by atoms with Crippen LogP contribution < -0.4 is 5.73 Å². The average Bonchev–Trinajstić information content (AvgIpc) is 2.74. The Kier molecular flexibility index (Phi) is 7.04. The van der Waals surface area contributed by atoms with Gasteiger partial charge in [-0.3, -0.25) is 4.79 Å². The number of aromatic nitrogens is 1. The Bertz CT molecular complexity index is 1280. The van der Waals surface area contributed by atoms with Crippen LogP contribution in [0.25, 0.3) is 11.1 Å². The van der Waals surface area contributed by atoms with Crippen molar-refractivity contribution in [2.24, 2.45) is 0 Å². The lowest BCUT2D eigenvalue weighted by Gasteiger charge is -2.13. The lowest BCUT2D eigenvalue weighted by atomic mass is 9.97. The summed E-state index contributed by atoms with van der Waals surface area (Å²) in [6.45, 7) is 0. The van der Waals surface area contributed by atoms with Crippen LogP contribution in [-0.2, 0) is 0 Å². The van der Waals surface area contributed by atoms with Gasteiger partial charge in [-0.15, -0.1) is 0 Å². The van der Waals surface area contributed by atoms with Crippen molar-refractivity contribution in [2.45, 2.75) is 5.03 Å². The van der Waals surface area contributed by atoms with Crippen molar-refractivity contribution in [1.82, 2.24) is 4.98 Å². The molecule has 10 heteroatoms. The Morgan fingerprint density at radius 3 is 2.32 bits per heavy atom. The van der Waals surface area contributed by atoms with Crippen molar-refractivity contribution in [1.29, 1.82) is 10.5 Å². The van der Waals surface area contributed by atoms with Crippen LogP contribution in [0.1, 0.15) is 21.5 Å². The number of carbonyl (C=O) groups is 1. The number of nitrogens with zero attached hydrogens (tertiary/aromatic N) is 3. The van der Waals surface area contributed by atoms with E-state index in [-0.39, 0.29) is 43.3 Å². The molecule has 0 spiro atoms. The van der Waals surface area contributed by atoms with Crippen molar-refractivity contribution in [3.05, 3.63) is 74.0 Å². The molecule has 0 saturated heterocycles. The summed E-state index contributed by atoms with van der Waals surface area (Å²) in [7, 11) is 0. The number of thioether (sulfide) groups is 1. The van der Waals surface area contributed by atoms with Gasteiger partial charge in [0.1, 0.15) is 34.4 Å². The lowest BCUT2D eigenvalue weighted by Crippen LogP contribution is -2.07. The summed E-state index contributed by atoms with van der Waals surface area (Å²) in [6, 6.07) is 12.6. The topological polar surface area (TPSA) is 104 Å². The van der Waals surface area contributed by atoms with Gasteiger partial charge < -0.3 is 5.73 Å². The van der Waals surface area contributed by atoms with Gasteiger partial charge in [0.15, 0.2) is 5.78 Å². The van der Waals surface area contributed by atoms with Gasteiger partial charge in [-0.2, -0.15) is 10.5 Å². The number of benzene rings is 2. The van der Waals surface area contributed by atoms with E-state index in [1.54, 1.807) is 24.3 Å².